The lowest BCUT2D eigenvalue weighted by atomic mass is 9.98. The molecule has 1 aliphatic heterocycles. The number of aliphatic hydroxyl groups is 1. The first-order valence-corrected chi connectivity index (χ1v) is 14.7. The van der Waals surface area contributed by atoms with Gasteiger partial charge in [0.2, 0.25) is 21.8 Å². The highest BCUT2D eigenvalue weighted by atomic mass is 32.2. The van der Waals surface area contributed by atoms with Crippen molar-refractivity contribution in [2.24, 2.45) is 11.8 Å². The number of rotatable bonds is 14. The standard InChI is InChI=1S/C26H44N4O5S.2H2/c1-19(2)16-30(36(5,34)35)17-23(31)22(15-21-11-7-6-8-12-21)27-26(33)25(20(3)4)28-24(32)18-29-13-9-10-14-29;;/h6-8,11-12,19-20,22-23,25,31H,9-10,13-18H2,1-5H3,(H,27,33)(H,28,32);2*1H/t22-,23+,25-;;/m0../s1. The second kappa shape index (κ2) is 14.1. The molecule has 0 aliphatic carbocycles. The number of carbonyl (C=O) groups is 2. The maximum Gasteiger partial charge on any atom is 0.243 e. The molecule has 10 heteroatoms. The Morgan fingerprint density at radius 2 is 1.67 bits per heavy atom. The summed E-state index contributed by atoms with van der Waals surface area (Å²) in [5.74, 6) is -0.693. The van der Waals surface area contributed by atoms with Crippen LogP contribution in [0.15, 0.2) is 30.3 Å². The normalized spacial score (nSPS) is 17.4. The zero-order chi connectivity index (χ0) is 26.9. The summed E-state index contributed by atoms with van der Waals surface area (Å²) in [6, 6.07) is 7.90. The molecule has 0 spiro atoms. The zero-order valence-electron chi connectivity index (χ0n) is 22.3. The highest BCUT2D eigenvalue weighted by Crippen LogP contribution is 2.13. The van der Waals surface area contributed by atoms with Gasteiger partial charge >= 0.3 is 0 Å². The van der Waals surface area contributed by atoms with Gasteiger partial charge in [-0.05, 0) is 49.8 Å². The Kier molecular flexibility index (Phi) is 11.8. The smallest absolute Gasteiger partial charge is 0.243 e. The molecule has 1 fully saturated rings. The molecule has 0 aromatic heterocycles. The largest absolute Gasteiger partial charge is 0.390 e. The highest BCUT2D eigenvalue weighted by Gasteiger charge is 2.32. The minimum atomic E-state index is -3.55. The van der Waals surface area contributed by atoms with Gasteiger partial charge in [-0.1, -0.05) is 58.0 Å². The summed E-state index contributed by atoms with van der Waals surface area (Å²) in [5.41, 5.74) is 0.899. The van der Waals surface area contributed by atoms with Crippen molar-refractivity contribution in [1.82, 2.24) is 19.8 Å². The predicted molar refractivity (Wildman–Crippen MR) is 146 cm³/mol. The first-order valence-electron chi connectivity index (χ1n) is 12.9. The van der Waals surface area contributed by atoms with Gasteiger partial charge in [-0.15, -0.1) is 0 Å². The van der Waals surface area contributed by atoms with Crippen molar-refractivity contribution in [3.05, 3.63) is 35.9 Å². The van der Waals surface area contributed by atoms with Crippen LogP contribution in [-0.4, -0.2) is 91.7 Å². The van der Waals surface area contributed by atoms with Gasteiger partial charge in [0.1, 0.15) is 6.04 Å². The van der Waals surface area contributed by atoms with Gasteiger partial charge in [0, 0.05) is 15.9 Å². The summed E-state index contributed by atoms with van der Waals surface area (Å²) in [6.07, 6.45) is 2.44. The molecule has 0 unspecified atom stereocenters. The maximum atomic E-state index is 13.3. The Morgan fingerprint density at radius 3 is 2.19 bits per heavy atom. The Bertz CT molecular complexity index is 944. The number of aliphatic hydroxyl groups excluding tert-OH is 1. The first kappa shape index (κ1) is 30.2. The van der Waals surface area contributed by atoms with Crippen LogP contribution in [0.2, 0.25) is 0 Å². The van der Waals surface area contributed by atoms with Crippen LogP contribution in [0.5, 0.6) is 0 Å². The molecule has 3 N–H and O–H groups in total. The van der Waals surface area contributed by atoms with E-state index >= 15 is 0 Å². The molecule has 0 saturated carbocycles. The van der Waals surface area contributed by atoms with Gasteiger partial charge in [0.05, 0.1) is 24.9 Å². The third-order valence-electron chi connectivity index (χ3n) is 6.35. The lowest BCUT2D eigenvalue weighted by molar-refractivity contribution is -0.131. The van der Waals surface area contributed by atoms with Crippen LogP contribution in [0, 0.1) is 11.8 Å². The zero-order valence-corrected chi connectivity index (χ0v) is 23.1. The van der Waals surface area contributed by atoms with E-state index in [0.29, 0.717) is 6.42 Å². The average Bonchev–Trinajstić information content (AvgIpc) is 3.29. The van der Waals surface area contributed by atoms with E-state index in [2.05, 4.69) is 15.5 Å². The fourth-order valence-electron chi connectivity index (χ4n) is 4.41. The minimum absolute atomic E-state index is 0. The SMILES string of the molecule is CC(C)CN(C[C@@H](O)[C@H](Cc1ccccc1)NC(=O)[C@@H](NC(=O)CN1CCCC1)C(C)C)S(C)(=O)=O.[HH].[HH]. The molecule has 1 heterocycles. The van der Waals surface area contributed by atoms with E-state index in [0.717, 1.165) is 37.8 Å². The van der Waals surface area contributed by atoms with Crippen molar-refractivity contribution in [2.45, 2.75) is 65.1 Å². The van der Waals surface area contributed by atoms with E-state index in [-0.39, 0.29) is 40.2 Å². The first-order chi connectivity index (χ1) is 16.9. The van der Waals surface area contributed by atoms with Gasteiger partial charge in [0.25, 0.3) is 0 Å². The molecule has 0 bridgehead atoms. The number of sulfonamides is 1. The van der Waals surface area contributed by atoms with Crippen molar-refractivity contribution in [3.63, 3.8) is 0 Å². The van der Waals surface area contributed by atoms with Crippen LogP contribution in [-0.2, 0) is 26.0 Å². The summed E-state index contributed by atoms with van der Waals surface area (Å²) in [5, 5.41) is 16.9. The van der Waals surface area contributed by atoms with E-state index in [9.17, 15) is 23.1 Å². The van der Waals surface area contributed by atoms with E-state index in [1.165, 1.54) is 4.31 Å². The number of nitrogens with one attached hydrogen (secondary N) is 2. The van der Waals surface area contributed by atoms with Crippen LogP contribution in [0.3, 0.4) is 0 Å². The van der Waals surface area contributed by atoms with Crippen LogP contribution >= 0.6 is 0 Å². The van der Waals surface area contributed by atoms with Gasteiger partial charge in [0.15, 0.2) is 0 Å². The van der Waals surface area contributed by atoms with E-state index in [4.69, 9.17) is 0 Å². The van der Waals surface area contributed by atoms with Gasteiger partial charge < -0.3 is 15.7 Å². The molecule has 2 amide bonds. The highest BCUT2D eigenvalue weighted by molar-refractivity contribution is 7.88. The quantitative estimate of drug-likeness (QED) is 0.338. The molecule has 1 aliphatic rings. The Morgan fingerprint density at radius 1 is 1.06 bits per heavy atom. The third-order valence-corrected chi connectivity index (χ3v) is 7.59. The number of benzene rings is 1. The molecule has 36 heavy (non-hydrogen) atoms. The third kappa shape index (κ3) is 10.2. The van der Waals surface area contributed by atoms with E-state index in [1.807, 2.05) is 58.0 Å². The van der Waals surface area contributed by atoms with Crippen LogP contribution in [0.4, 0.5) is 0 Å². The molecule has 9 nitrogen and oxygen atoms in total. The van der Waals surface area contributed by atoms with Crippen molar-refractivity contribution < 1.29 is 26.0 Å². The summed E-state index contributed by atoms with van der Waals surface area (Å²) in [7, 11) is -3.55. The molecule has 208 valence electrons. The fourth-order valence-corrected chi connectivity index (χ4v) is 5.40. The van der Waals surface area contributed by atoms with Crippen molar-refractivity contribution in [3.8, 4) is 0 Å². The lowest BCUT2D eigenvalue weighted by Gasteiger charge is -2.31. The molecular formula is C26H48N4O5S. The molecule has 1 saturated heterocycles. The summed E-state index contributed by atoms with van der Waals surface area (Å²) in [4.78, 5) is 28.0. The molecule has 1 aromatic carbocycles. The monoisotopic (exact) mass is 528 g/mol. The molecule has 0 radical (unpaired) electrons. The van der Waals surface area contributed by atoms with E-state index in [1.54, 1.807) is 0 Å². The number of nitrogens with zero attached hydrogens (tertiary/aromatic N) is 2. The Balaban J connectivity index is 0.00000684. The van der Waals surface area contributed by atoms with E-state index < -0.39 is 34.1 Å². The molecular weight excluding hydrogens is 480 g/mol. The van der Waals surface area contributed by atoms with Gasteiger partial charge in [-0.2, -0.15) is 4.31 Å². The van der Waals surface area contributed by atoms with Crippen LogP contribution < -0.4 is 10.6 Å². The van der Waals surface area contributed by atoms with Gasteiger partial charge in [-0.25, -0.2) is 8.42 Å². The van der Waals surface area contributed by atoms with Crippen molar-refractivity contribution in [2.75, 3.05) is 39.0 Å². The summed E-state index contributed by atoms with van der Waals surface area (Å²) >= 11 is 0. The average molecular weight is 529 g/mol. The molecule has 1 aromatic rings. The number of amides is 2. The number of carbonyl (C=O) groups excluding carboxylic acids is 2. The molecule has 3 atom stereocenters. The Hall–Kier alpha value is -2.01. The number of hydrogen-bond acceptors (Lipinski definition) is 6. The van der Waals surface area contributed by atoms with Crippen LogP contribution in [0.1, 0.15) is 49.0 Å². The minimum Gasteiger partial charge on any atom is -0.390 e. The topological polar surface area (TPSA) is 119 Å². The maximum absolute atomic E-state index is 13.3. The predicted octanol–water partition coefficient (Wildman–Crippen LogP) is 1.72. The second-order valence-electron chi connectivity index (χ2n) is 10.6. The van der Waals surface area contributed by atoms with Crippen molar-refractivity contribution >= 4 is 21.8 Å². The lowest BCUT2D eigenvalue weighted by Crippen LogP contribution is -2.57. The fraction of sp³-hybridized carbons (Fsp3) is 0.692. The summed E-state index contributed by atoms with van der Waals surface area (Å²) in [6.45, 7) is 9.68. The van der Waals surface area contributed by atoms with Crippen LogP contribution in [0.25, 0.3) is 0 Å². The van der Waals surface area contributed by atoms with Crippen molar-refractivity contribution in [1.29, 1.82) is 0 Å². The second-order valence-corrected chi connectivity index (χ2v) is 12.6. The molecule has 2 rings (SSSR count). The van der Waals surface area contributed by atoms with Gasteiger partial charge in [-0.3, -0.25) is 14.5 Å². The summed E-state index contributed by atoms with van der Waals surface area (Å²) < 4.78 is 25.9. The number of hydrogen-bond donors (Lipinski definition) is 3. The number of likely N-dealkylation sites (tertiary alicyclic amines) is 1. The Labute approximate surface area is 219 Å².